The summed E-state index contributed by atoms with van der Waals surface area (Å²) >= 11 is 3.42. The summed E-state index contributed by atoms with van der Waals surface area (Å²) in [7, 11) is 2.97. The van der Waals surface area contributed by atoms with E-state index in [1.54, 1.807) is 17.9 Å². The Morgan fingerprint density at radius 1 is 1.40 bits per heavy atom. The van der Waals surface area contributed by atoms with E-state index in [1.165, 1.54) is 30.2 Å². The first kappa shape index (κ1) is 19.2. The normalized spacial score (nSPS) is 10.8. The molecule has 1 amide bonds. The van der Waals surface area contributed by atoms with Crippen molar-refractivity contribution in [3.63, 3.8) is 0 Å². The first-order valence-electron chi connectivity index (χ1n) is 7.45. The minimum atomic E-state index is -2.97. The number of benzene rings is 1. The fraction of sp³-hybridized carbons (Fsp3) is 0.375. The van der Waals surface area contributed by atoms with Gasteiger partial charge in [0.15, 0.2) is 11.5 Å². The van der Waals surface area contributed by atoms with Crippen molar-refractivity contribution in [2.45, 2.75) is 26.6 Å². The lowest BCUT2D eigenvalue weighted by Crippen LogP contribution is -2.27. The van der Waals surface area contributed by atoms with Crippen molar-refractivity contribution < 1.29 is 23.0 Å². The highest BCUT2D eigenvalue weighted by Gasteiger charge is 2.19. The predicted octanol–water partition coefficient (Wildman–Crippen LogP) is 3.55. The van der Waals surface area contributed by atoms with Crippen LogP contribution in [0.2, 0.25) is 0 Å². The summed E-state index contributed by atoms with van der Waals surface area (Å²) < 4.78 is 36.7. The lowest BCUT2D eigenvalue weighted by atomic mass is 10.1. The SMILES string of the molecule is CCn1ncc(Br)c1CN(C)C(=O)c1ccc(OC(F)F)c(OC)c1. The molecule has 0 aliphatic carbocycles. The number of ether oxygens (including phenoxy) is 2. The zero-order chi connectivity index (χ0) is 18.6. The minimum Gasteiger partial charge on any atom is -0.493 e. The zero-order valence-electron chi connectivity index (χ0n) is 14.0. The molecule has 0 fully saturated rings. The zero-order valence-corrected chi connectivity index (χ0v) is 15.6. The smallest absolute Gasteiger partial charge is 0.387 e. The van der Waals surface area contributed by atoms with Gasteiger partial charge in [-0.1, -0.05) is 0 Å². The molecule has 0 unspecified atom stereocenters. The maximum atomic E-state index is 12.6. The highest BCUT2D eigenvalue weighted by atomic mass is 79.9. The second-order valence-electron chi connectivity index (χ2n) is 5.16. The Balaban J connectivity index is 2.20. The fourth-order valence-electron chi connectivity index (χ4n) is 2.33. The lowest BCUT2D eigenvalue weighted by Gasteiger charge is -2.19. The number of hydrogen-bond acceptors (Lipinski definition) is 4. The molecule has 0 N–H and O–H groups in total. The summed E-state index contributed by atoms with van der Waals surface area (Å²) in [5.74, 6) is -0.333. The van der Waals surface area contributed by atoms with Gasteiger partial charge in [0, 0.05) is 19.2 Å². The molecular formula is C16H18BrF2N3O3. The van der Waals surface area contributed by atoms with Gasteiger partial charge in [-0.3, -0.25) is 9.48 Å². The number of aromatic nitrogens is 2. The van der Waals surface area contributed by atoms with Gasteiger partial charge in [-0.2, -0.15) is 13.9 Å². The molecule has 0 bridgehead atoms. The van der Waals surface area contributed by atoms with E-state index in [9.17, 15) is 13.6 Å². The second-order valence-corrected chi connectivity index (χ2v) is 6.01. The maximum absolute atomic E-state index is 12.6. The Morgan fingerprint density at radius 3 is 2.72 bits per heavy atom. The van der Waals surface area contributed by atoms with E-state index in [0.29, 0.717) is 18.7 Å². The van der Waals surface area contributed by atoms with Crippen LogP contribution in [0.15, 0.2) is 28.9 Å². The average molecular weight is 418 g/mol. The van der Waals surface area contributed by atoms with Crippen LogP contribution < -0.4 is 9.47 Å². The van der Waals surface area contributed by atoms with Crippen LogP contribution in [0.5, 0.6) is 11.5 Å². The lowest BCUT2D eigenvalue weighted by molar-refractivity contribution is -0.0512. The molecule has 0 aliphatic heterocycles. The molecule has 2 aromatic rings. The summed E-state index contributed by atoms with van der Waals surface area (Å²) in [5.41, 5.74) is 1.17. The molecule has 2 rings (SSSR count). The summed E-state index contributed by atoms with van der Waals surface area (Å²) in [6, 6.07) is 4.09. The van der Waals surface area contributed by atoms with Gasteiger partial charge in [0.05, 0.1) is 30.0 Å². The Kier molecular flexibility index (Phi) is 6.35. The number of carbonyl (C=O) groups is 1. The number of methoxy groups -OCH3 is 1. The first-order valence-corrected chi connectivity index (χ1v) is 8.25. The maximum Gasteiger partial charge on any atom is 0.387 e. The molecule has 0 spiro atoms. The number of amides is 1. The van der Waals surface area contributed by atoms with E-state index >= 15 is 0 Å². The van der Waals surface area contributed by atoms with Crippen molar-refractivity contribution in [1.82, 2.24) is 14.7 Å². The van der Waals surface area contributed by atoms with Crippen molar-refractivity contribution in [2.75, 3.05) is 14.2 Å². The van der Waals surface area contributed by atoms with Crippen LogP contribution in [0.1, 0.15) is 23.0 Å². The van der Waals surface area contributed by atoms with Crippen molar-refractivity contribution in [2.24, 2.45) is 0 Å². The van der Waals surface area contributed by atoms with Gasteiger partial charge < -0.3 is 14.4 Å². The van der Waals surface area contributed by atoms with Gasteiger partial charge >= 0.3 is 6.61 Å². The van der Waals surface area contributed by atoms with Crippen molar-refractivity contribution in [3.05, 3.63) is 40.1 Å². The van der Waals surface area contributed by atoms with E-state index in [-0.39, 0.29) is 17.4 Å². The number of rotatable bonds is 7. The second kappa shape index (κ2) is 8.28. The standard InChI is InChI=1S/C16H18BrF2N3O3/c1-4-22-12(11(17)8-20-22)9-21(2)15(23)10-5-6-13(25-16(18)19)14(7-10)24-3/h5-8,16H,4,9H2,1-3H3. The third-order valence-electron chi connectivity index (χ3n) is 3.56. The Bertz CT molecular complexity index is 752. The van der Waals surface area contributed by atoms with Gasteiger partial charge in [-0.15, -0.1) is 0 Å². The first-order chi connectivity index (χ1) is 11.9. The summed E-state index contributed by atoms with van der Waals surface area (Å²) in [4.78, 5) is 14.1. The number of carbonyl (C=O) groups excluding carboxylic acids is 1. The van der Waals surface area contributed by atoms with E-state index in [0.717, 1.165) is 10.2 Å². The van der Waals surface area contributed by atoms with Gasteiger partial charge in [-0.05, 0) is 41.1 Å². The van der Waals surface area contributed by atoms with Gasteiger partial charge in [0.2, 0.25) is 0 Å². The molecule has 136 valence electrons. The molecule has 9 heteroatoms. The summed E-state index contributed by atoms with van der Waals surface area (Å²) in [5, 5.41) is 4.21. The van der Waals surface area contributed by atoms with Crippen LogP contribution in [-0.4, -0.2) is 41.4 Å². The minimum absolute atomic E-state index is 0.0688. The molecular weight excluding hydrogens is 400 g/mol. The van der Waals surface area contributed by atoms with Crippen molar-refractivity contribution >= 4 is 21.8 Å². The van der Waals surface area contributed by atoms with Crippen molar-refractivity contribution in [3.8, 4) is 11.5 Å². The van der Waals surface area contributed by atoms with Crippen LogP contribution in [0.4, 0.5) is 8.78 Å². The molecule has 0 radical (unpaired) electrons. The number of halogens is 3. The summed E-state index contributed by atoms with van der Waals surface area (Å²) in [6.45, 7) is 0.00313. The summed E-state index contributed by atoms with van der Waals surface area (Å²) in [6.07, 6.45) is 1.68. The van der Waals surface area contributed by atoms with Crippen LogP contribution in [0.3, 0.4) is 0 Å². The van der Waals surface area contributed by atoms with Gasteiger partial charge in [0.1, 0.15) is 0 Å². The van der Waals surface area contributed by atoms with Crippen LogP contribution >= 0.6 is 15.9 Å². The number of alkyl halides is 2. The number of aryl methyl sites for hydroxylation is 1. The van der Waals surface area contributed by atoms with E-state index in [2.05, 4.69) is 25.8 Å². The highest BCUT2D eigenvalue weighted by molar-refractivity contribution is 9.10. The topological polar surface area (TPSA) is 56.6 Å². The van der Waals surface area contributed by atoms with Crippen molar-refractivity contribution in [1.29, 1.82) is 0 Å². The molecule has 0 aliphatic rings. The van der Waals surface area contributed by atoms with Gasteiger partial charge in [-0.25, -0.2) is 0 Å². The molecule has 1 aromatic carbocycles. The van der Waals surface area contributed by atoms with E-state index in [1.807, 2.05) is 6.92 Å². The molecule has 0 saturated carbocycles. The largest absolute Gasteiger partial charge is 0.493 e. The molecule has 1 heterocycles. The van der Waals surface area contributed by atoms with Gasteiger partial charge in [0.25, 0.3) is 5.91 Å². The molecule has 1 aromatic heterocycles. The average Bonchev–Trinajstić information content (AvgIpc) is 2.94. The Morgan fingerprint density at radius 2 is 2.12 bits per heavy atom. The fourth-order valence-corrected chi connectivity index (χ4v) is 2.75. The molecule has 6 nitrogen and oxygen atoms in total. The van der Waals surface area contributed by atoms with Crippen LogP contribution in [-0.2, 0) is 13.1 Å². The predicted molar refractivity (Wildman–Crippen MR) is 91.0 cm³/mol. The number of nitrogens with zero attached hydrogens (tertiary/aromatic N) is 3. The Labute approximate surface area is 152 Å². The van der Waals surface area contributed by atoms with Crippen LogP contribution in [0.25, 0.3) is 0 Å². The third kappa shape index (κ3) is 4.47. The molecule has 25 heavy (non-hydrogen) atoms. The monoisotopic (exact) mass is 417 g/mol. The molecule has 0 saturated heterocycles. The highest BCUT2D eigenvalue weighted by Crippen LogP contribution is 2.30. The quantitative estimate of drug-likeness (QED) is 0.691. The van der Waals surface area contributed by atoms with E-state index < -0.39 is 6.61 Å². The Hall–Kier alpha value is -2.16. The van der Waals surface area contributed by atoms with Crippen LogP contribution in [0, 0.1) is 0 Å². The number of hydrogen-bond donors (Lipinski definition) is 0. The molecule has 0 atom stereocenters. The third-order valence-corrected chi connectivity index (χ3v) is 4.22. The van der Waals surface area contributed by atoms with E-state index in [4.69, 9.17) is 4.74 Å².